The molecule has 3 nitrogen and oxygen atoms in total. The number of hydrogen-bond acceptors (Lipinski definition) is 1. The van der Waals surface area contributed by atoms with E-state index in [-0.39, 0.29) is 39.5 Å². The van der Waals surface area contributed by atoms with Crippen molar-refractivity contribution < 1.29 is 15.1 Å². The molecule has 3 heteroatoms. The van der Waals surface area contributed by atoms with Gasteiger partial charge in [-0.05, 0) is 43.3 Å². The average molecular weight is 298 g/mol. The van der Waals surface area contributed by atoms with E-state index in [1.165, 1.54) is 36.4 Å². The fourth-order valence-corrected chi connectivity index (χ4v) is 2.13. The minimum atomic E-state index is -2.75. The van der Waals surface area contributed by atoms with Crippen molar-refractivity contribution in [2.24, 2.45) is 0 Å². The van der Waals surface area contributed by atoms with Crippen LogP contribution < -0.4 is 0 Å². The van der Waals surface area contributed by atoms with E-state index in [2.05, 4.69) is 9.83 Å². The van der Waals surface area contributed by atoms with Gasteiger partial charge >= 0.3 is 0 Å². The molecule has 3 aromatic rings. The summed E-state index contributed by atoms with van der Waals surface area (Å²) < 4.78 is 87.4. The SMILES string of the molecule is [2H]c1nc(-c2ccc(C([2H])([2H])[2H])c([N+]#[C-])c2)n(-c2c(C([2H])([2H])[2H])cccc2C([2H])([2H])[2H])c1[2H]. The van der Waals surface area contributed by atoms with E-state index in [1.807, 2.05) is 0 Å². The van der Waals surface area contributed by atoms with Crippen LogP contribution in [0.5, 0.6) is 0 Å². The summed E-state index contributed by atoms with van der Waals surface area (Å²) in [5.74, 6) is -0.158. The number of rotatable bonds is 2. The third-order valence-electron chi connectivity index (χ3n) is 3.17. The minimum Gasteiger partial charge on any atom is -0.299 e. The Morgan fingerprint density at radius 2 is 1.91 bits per heavy atom. The molecule has 0 spiro atoms. The Morgan fingerprint density at radius 3 is 2.59 bits per heavy atom. The second kappa shape index (κ2) is 5.50. The van der Waals surface area contributed by atoms with E-state index in [9.17, 15) is 0 Å². The minimum absolute atomic E-state index is 0.123. The maximum atomic E-state index is 8.34. The van der Waals surface area contributed by atoms with Gasteiger partial charge in [0.15, 0.2) is 5.69 Å². The molecular formula is C19H17N3. The molecule has 3 rings (SSSR count). The molecule has 0 N–H and O–H groups in total. The van der Waals surface area contributed by atoms with Gasteiger partial charge in [0.1, 0.15) is 5.82 Å². The van der Waals surface area contributed by atoms with E-state index < -0.39 is 32.9 Å². The first-order valence-electron chi connectivity index (χ1n) is 11.8. The Labute approximate surface area is 146 Å². The first-order valence-corrected chi connectivity index (χ1v) is 6.30. The molecule has 0 aliphatic carbocycles. The maximum absolute atomic E-state index is 8.34. The number of hydrogen-bond donors (Lipinski definition) is 0. The zero-order valence-electron chi connectivity index (χ0n) is 22.3. The predicted molar refractivity (Wildman–Crippen MR) is 89.5 cm³/mol. The van der Waals surface area contributed by atoms with Crippen molar-refractivity contribution in [2.45, 2.75) is 20.6 Å². The Kier molecular flexibility index (Phi) is 1.52. The molecule has 1 aromatic heterocycles. The van der Waals surface area contributed by atoms with E-state index >= 15 is 0 Å². The molecule has 0 atom stereocenters. The van der Waals surface area contributed by atoms with Gasteiger partial charge in [0, 0.05) is 30.2 Å². The zero-order chi connectivity index (χ0) is 24.9. The summed E-state index contributed by atoms with van der Waals surface area (Å²) in [5.41, 5.74) is -1.32. The number of para-hydroxylation sites is 1. The number of aromatic nitrogens is 2. The molecule has 0 amide bonds. The van der Waals surface area contributed by atoms with Gasteiger partial charge in [-0.15, -0.1) is 0 Å². The Bertz CT molecular complexity index is 1230. The number of benzene rings is 2. The maximum Gasteiger partial charge on any atom is 0.190 e. The van der Waals surface area contributed by atoms with Crippen LogP contribution in [0, 0.1) is 27.1 Å². The molecule has 0 saturated heterocycles. The molecule has 0 saturated carbocycles. The highest BCUT2D eigenvalue weighted by Gasteiger charge is 2.12. The fraction of sp³-hybridized carbons (Fsp3) is 0.158. The standard InChI is InChI=1S/C19H17N3/c1-13-8-9-16(12-17(13)20-4)19-21-10-11-22(19)18-14(2)6-5-7-15(18)3/h5-12H,1-3H3/i1D3,2D3,3D3,10D,11D. The number of imidazole rings is 1. The summed E-state index contributed by atoms with van der Waals surface area (Å²) in [4.78, 5) is 7.25. The van der Waals surface area contributed by atoms with Gasteiger partial charge in [-0.3, -0.25) is 4.57 Å². The largest absolute Gasteiger partial charge is 0.299 e. The molecular weight excluding hydrogens is 270 g/mol. The third-order valence-corrected chi connectivity index (χ3v) is 3.17. The smallest absolute Gasteiger partial charge is 0.190 e. The van der Waals surface area contributed by atoms with Crippen molar-refractivity contribution >= 4 is 5.69 Å². The monoisotopic (exact) mass is 298 g/mol. The molecule has 0 radical (unpaired) electrons. The molecule has 22 heavy (non-hydrogen) atoms. The van der Waals surface area contributed by atoms with Crippen LogP contribution >= 0.6 is 0 Å². The lowest BCUT2D eigenvalue weighted by atomic mass is 10.1. The van der Waals surface area contributed by atoms with Crippen LogP contribution in [0.1, 0.15) is 31.8 Å². The zero-order valence-corrected chi connectivity index (χ0v) is 11.3. The summed E-state index contributed by atoms with van der Waals surface area (Å²) in [6.45, 7) is -0.713. The molecule has 108 valence electrons. The normalized spacial score (nSPS) is 19.5. The van der Waals surface area contributed by atoms with Crippen LogP contribution in [0.15, 0.2) is 48.7 Å². The first kappa shape index (κ1) is 6.10. The van der Waals surface area contributed by atoms with E-state index in [4.69, 9.17) is 21.7 Å². The average Bonchev–Trinajstić information content (AvgIpc) is 2.99. The summed E-state index contributed by atoms with van der Waals surface area (Å²) >= 11 is 0. The van der Waals surface area contributed by atoms with Gasteiger partial charge in [-0.1, -0.05) is 30.3 Å². The molecule has 0 unspecified atom stereocenters. The van der Waals surface area contributed by atoms with Crippen molar-refractivity contribution in [3.63, 3.8) is 0 Å². The number of nitrogens with zero attached hydrogens (tertiary/aromatic N) is 3. The van der Waals surface area contributed by atoms with Crippen LogP contribution in [0.2, 0.25) is 0 Å². The van der Waals surface area contributed by atoms with Gasteiger partial charge in [-0.2, -0.15) is 0 Å². The second-order valence-electron chi connectivity index (χ2n) is 4.54. The predicted octanol–water partition coefficient (Wildman–Crippen LogP) is 5.02. The Morgan fingerprint density at radius 1 is 1.14 bits per heavy atom. The quantitative estimate of drug-likeness (QED) is 0.609. The summed E-state index contributed by atoms with van der Waals surface area (Å²) in [6.07, 6.45) is -1.11. The van der Waals surface area contributed by atoms with Crippen LogP contribution in [-0.4, -0.2) is 9.55 Å². The lowest BCUT2D eigenvalue weighted by molar-refractivity contribution is 1.03. The molecule has 0 aliphatic heterocycles. The molecule has 2 aromatic carbocycles. The summed E-state index contributed by atoms with van der Waals surface area (Å²) in [7, 11) is 0. The van der Waals surface area contributed by atoms with Gasteiger partial charge in [0.2, 0.25) is 0 Å². The van der Waals surface area contributed by atoms with Crippen molar-refractivity contribution in [3.05, 3.63) is 76.9 Å². The highest BCUT2D eigenvalue weighted by Crippen LogP contribution is 2.29. The fourth-order valence-electron chi connectivity index (χ4n) is 2.13. The van der Waals surface area contributed by atoms with Gasteiger partial charge < -0.3 is 0 Å². The molecule has 0 aliphatic rings. The third kappa shape index (κ3) is 2.29. The highest BCUT2D eigenvalue weighted by atomic mass is 15.1. The van der Waals surface area contributed by atoms with E-state index in [0.29, 0.717) is 0 Å². The summed E-state index contributed by atoms with van der Waals surface area (Å²) in [5, 5.41) is 0. The van der Waals surface area contributed by atoms with Crippen LogP contribution in [0.25, 0.3) is 21.9 Å². The van der Waals surface area contributed by atoms with Crippen molar-refractivity contribution in [3.8, 4) is 17.1 Å². The first-order chi connectivity index (χ1) is 15.1. The van der Waals surface area contributed by atoms with Crippen molar-refractivity contribution in [1.29, 1.82) is 0 Å². The van der Waals surface area contributed by atoms with Crippen LogP contribution in [0.3, 0.4) is 0 Å². The van der Waals surface area contributed by atoms with E-state index in [0.717, 1.165) is 4.57 Å². The topological polar surface area (TPSA) is 22.2 Å². The molecule has 1 heterocycles. The van der Waals surface area contributed by atoms with Gasteiger partial charge in [0.05, 0.1) is 15.0 Å². The summed E-state index contributed by atoms with van der Waals surface area (Å²) in [6, 6.07) is 7.44. The van der Waals surface area contributed by atoms with Crippen molar-refractivity contribution in [2.75, 3.05) is 0 Å². The van der Waals surface area contributed by atoms with Gasteiger partial charge in [0.25, 0.3) is 0 Å². The Balaban J connectivity index is 2.43. The second-order valence-corrected chi connectivity index (χ2v) is 4.54. The van der Waals surface area contributed by atoms with Crippen LogP contribution in [0.4, 0.5) is 5.69 Å². The van der Waals surface area contributed by atoms with Crippen LogP contribution in [-0.2, 0) is 0 Å². The molecule has 0 bridgehead atoms. The lowest BCUT2D eigenvalue weighted by Gasteiger charge is -2.14. The van der Waals surface area contributed by atoms with E-state index in [1.54, 1.807) is 0 Å². The van der Waals surface area contributed by atoms with Crippen molar-refractivity contribution in [1.82, 2.24) is 9.55 Å². The molecule has 0 fully saturated rings. The Hall–Kier alpha value is -2.86. The lowest BCUT2D eigenvalue weighted by Crippen LogP contribution is -2.01. The number of aryl methyl sites for hydroxylation is 3. The van der Waals surface area contributed by atoms with Gasteiger partial charge in [-0.25, -0.2) is 9.83 Å². The highest BCUT2D eigenvalue weighted by molar-refractivity contribution is 5.68.